The summed E-state index contributed by atoms with van der Waals surface area (Å²) in [7, 11) is 1.51. The number of rotatable bonds is 5. The van der Waals surface area contributed by atoms with Gasteiger partial charge in [0.15, 0.2) is 17.6 Å². The molecule has 0 spiro atoms. The van der Waals surface area contributed by atoms with Crippen molar-refractivity contribution in [2.45, 2.75) is 19.1 Å². The molecule has 1 rings (SSSR count). The molecule has 0 bridgehead atoms. The van der Waals surface area contributed by atoms with Crippen molar-refractivity contribution in [2.24, 2.45) is 0 Å². The van der Waals surface area contributed by atoms with Crippen molar-refractivity contribution in [2.75, 3.05) is 13.7 Å². The van der Waals surface area contributed by atoms with Gasteiger partial charge in [-0.2, -0.15) is 5.26 Å². The Morgan fingerprint density at radius 3 is 2.59 bits per heavy atom. The maximum Gasteiger partial charge on any atom is 0.170 e. The fourth-order valence-electron chi connectivity index (χ4n) is 1.40. The molecule has 0 aromatic heterocycles. The molecule has 2 N–H and O–H groups in total. The number of hydrogen-bond acceptors (Lipinski definition) is 5. The molecule has 2 unspecified atom stereocenters. The van der Waals surface area contributed by atoms with Gasteiger partial charge in [0.25, 0.3) is 0 Å². The first-order chi connectivity index (χ1) is 8.13. The Morgan fingerprint density at radius 2 is 2.06 bits per heavy atom. The van der Waals surface area contributed by atoms with Crippen LogP contribution in [0.15, 0.2) is 18.2 Å². The summed E-state index contributed by atoms with van der Waals surface area (Å²) in [6.07, 6.45) is -2.72. The molecule has 92 valence electrons. The maximum absolute atomic E-state index is 9.68. The summed E-state index contributed by atoms with van der Waals surface area (Å²) in [5, 5.41) is 27.4. The second kappa shape index (κ2) is 6.09. The number of aliphatic hydroxyl groups excluding tert-OH is 2. The van der Waals surface area contributed by atoms with E-state index in [-0.39, 0.29) is 0 Å². The van der Waals surface area contributed by atoms with Crippen LogP contribution in [0.3, 0.4) is 0 Å². The van der Waals surface area contributed by atoms with E-state index in [0.717, 1.165) is 0 Å². The van der Waals surface area contributed by atoms with E-state index in [0.29, 0.717) is 23.7 Å². The second-order valence-corrected chi connectivity index (χ2v) is 3.36. The van der Waals surface area contributed by atoms with Crippen LogP contribution in [0.5, 0.6) is 11.5 Å². The molecule has 2 atom stereocenters. The van der Waals surface area contributed by atoms with Crippen LogP contribution in [0.1, 0.15) is 18.6 Å². The summed E-state index contributed by atoms with van der Waals surface area (Å²) in [5.74, 6) is 1.01. The first-order valence-corrected chi connectivity index (χ1v) is 5.20. The first kappa shape index (κ1) is 13.3. The van der Waals surface area contributed by atoms with Gasteiger partial charge >= 0.3 is 0 Å². The summed E-state index contributed by atoms with van der Waals surface area (Å²) < 4.78 is 10.4. The predicted octanol–water partition coefficient (Wildman–Crippen LogP) is 1.01. The fraction of sp³-hybridized carbons (Fsp3) is 0.417. The van der Waals surface area contributed by atoms with E-state index in [1.54, 1.807) is 24.3 Å². The lowest BCUT2D eigenvalue weighted by atomic mass is 10.0. The molecule has 1 aromatic carbocycles. The molecule has 17 heavy (non-hydrogen) atoms. The quantitative estimate of drug-likeness (QED) is 0.747. The molecular weight excluding hydrogens is 222 g/mol. The standard InChI is InChI=1S/C12H15NO4/c1-3-17-11-6-8(4-5-10(11)16-2)12(15)9(14)7-13/h4-6,9,12,14-15H,3H2,1-2H3. The van der Waals surface area contributed by atoms with Crippen molar-refractivity contribution in [1.29, 1.82) is 5.26 Å². The number of hydrogen-bond donors (Lipinski definition) is 2. The lowest BCUT2D eigenvalue weighted by Crippen LogP contribution is -2.15. The van der Waals surface area contributed by atoms with Crippen LogP contribution in [0.25, 0.3) is 0 Å². The van der Waals surface area contributed by atoms with Gasteiger partial charge in [-0.15, -0.1) is 0 Å². The third kappa shape index (κ3) is 3.09. The van der Waals surface area contributed by atoms with Gasteiger partial charge in [0.2, 0.25) is 0 Å². The molecule has 0 aliphatic carbocycles. The topological polar surface area (TPSA) is 82.7 Å². The number of ether oxygens (including phenoxy) is 2. The molecule has 5 heteroatoms. The van der Waals surface area contributed by atoms with Crippen LogP contribution in [0.2, 0.25) is 0 Å². The van der Waals surface area contributed by atoms with Gasteiger partial charge in [0, 0.05) is 0 Å². The minimum atomic E-state index is -1.46. The molecule has 0 aliphatic rings. The summed E-state index contributed by atoms with van der Waals surface area (Å²) in [4.78, 5) is 0. The van der Waals surface area contributed by atoms with Crippen molar-refractivity contribution in [1.82, 2.24) is 0 Å². The van der Waals surface area contributed by atoms with E-state index in [1.807, 2.05) is 6.92 Å². The number of aliphatic hydroxyl groups is 2. The molecule has 5 nitrogen and oxygen atoms in total. The average molecular weight is 237 g/mol. The minimum Gasteiger partial charge on any atom is -0.493 e. The van der Waals surface area contributed by atoms with E-state index in [9.17, 15) is 10.2 Å². The molecule has 0 heterocycles. The Morgan fingerprint density at radius 1 is 1.35 bits per heavy atom. The molecule has 0 aliphatic heterocycles. The van der Waals surface area contributed by atoms with E-state index >= 15 is 0 Å². The molecule has 0 amide bonds. The predicted molar refractivity (Wildman–Crippen MR) is 60.7 cm³/mol. The van der Waals surface area contributed by atoms with Crippen LogP contribution < -0.4 is 9.47 Å². The average Bonchev–Trinajstić information content (AvgIpc) is 2.37. The molecular formula is C12H15NO4. The SMILES string of the molecule is CCOc1cc(C(O)C(O)C#N)ccc1OC. The Labute approximate surface area is 99.8 Å². The highest BCUT2D eigenvalue weighted by Crippen LogP contribution is 2.31. The van der Waals surface area contributed by atoms with E-state index in [4.69, 9.17) is 14.7 Å². The van der Waals surface area contributed by atoms with Crippen molar-refractivity contribution in [3.63, 3.8) is 0 Å². The van der Waals surface area contributed by atoms with Gasteiger partial charge in [-0.25, -0.2) is 0 Å². The van der Waals surface area contributed by atoms with E-state index in [1.165, 1.54) is 7.11 Å². The Kier molecular flexibility index (Phi) is 4.76. The Bertz CT molecular complexity index is 413. The van der Waals surface area contributed by atoms with Crippen LogP contribution in [0, 0.1) is 11.3 Å². The lowest BCUT2D eigenvalue weighted by Gasteiger charge is -2.15. The van der Waals surface area contributed by atoms with Gasteiger partial charge in [-0.1, -0.05) is 6.07 Å². The fourth-order valence-corrected chi connectivity index (χ4v) is 1.40. The summed E-state index contributed by atoms with van der Waals surface area (Å²) >= 11 is 0. The highest BCUT2D eigenvalue weighted by molar-refractivity contribution is 5.44. The summed E-state index contributed by atoms with van der Waals surface area (Å²) in [6, 6.07) is 6.32. The molecule has 0 radical (unpaired) electrons. The summed E-state index contributed by atoms with van der Waals surface area (Å²) in [5.41, 5.74) is 0.406. The van der Waals surface area contributed by atoms with Gasteiger partial charge < -0.3 is 19.7 Å². The maximum atomic E-state index is 9.68. The van der Waals surface area contributed by atoms with Gasteiger partial charge in [-0.05, 0) is 24.6 Å². The number of benzene rings is 1. The lowest BCUT2D eigenvalue weighted by molar-refractivity contribution is 0.0526. The number of nitriles is 1. The normalized spacial score (nSPS) is 13.6. The van der Waals surface area contributed by atoms with Crippen LogP contribution in [0.4, 0.5) is 0 Å². The van der Waals surface area contributed by atoms with Crippen molar-refractivity contribution in [3.05, 3.63) is 23.8 Å². The van der Waals surface area contributed by atoms with Crippen LogP contribution in [-0.2, 0) is 0 Å². The number of nitrogens with zero attached hydrogens (tertiary/aromatic N) is 1. The van der Waals surface area contributed by atoms with Gasteiger partial charge in [0.1, 0.15) is 6.10 Å². The molecule has 0 saturated carbocycles. The second-order valence-electron chi connectivity index (χ2n) is 3.36. The molecule has 0 fully saturated rings. The largest absolute Gasteiger partial charge is 0.493 e. The Hall–Kier alpha value is -1.77. The smallest absolute Gasteiger partial charge is 0.170 e. The van der Waals surface area contributed by atoms with Crippen LogP contribution >= 0.6 is 0 Å². The van der Waals surface area contributed by atoms with Gasteiger partial charge in [-0.3, -0.25) is 0 Å². The summed E-state index contributed by atoms with van der Waals surface area (Å²) in [6.45, 7) is 2.28. The van der Waals surface area contributed by atoms with Crippen molar-refractivity contribution < 1.29 is 19.7 Å². The van der Waals surface area contributed by atoms with E-state index < -0.39 is 12.2 Å². The zero-order valence-corrected chi connectivity index (χ0v) is 9.75. The molecule has 1 aromatic rings. The van der Waals surface area contributed by atoms with Crippen molar-refractivity contribution in [3.8, 4) is 17.6 Å². The zero-order chi connectivity index (χ0) is 12.8. The first-order valence-electron chi connectivity index (χ1n) is 5.20. The third-order valence-corrected chi connectivity index (χ3v) is 2.26. The minimum absolute atomic E-state index is 0.406. The Balaban J connectivity index is 3.03. The van der Waals surface area contributed by atoms with Gasteiger partial charge in [0.05, 0.1) is 19.8 Å². The molecule has 0 saturated heterocycles. The third-order valence-electron chi connectivity index (χ3n) is 2.26. The zero-order valence-electron chi connectivity index (χ0n) is 9.75. The monoisotopic (exact) mass is 237 g/mol. The van der Waals surface area contributed by atoms with Crippen LogP contribution in [-0.4, -0.2) is 30.0 Å². The number of methoxy groups -OCH3 is 1. The van der Waals surface area contributed by atoms with Crippen molar-refractivity contribution >= 4 is 0 Å². The van der Waals surface area contributed by atoms with E-state index in [2.05, 4.69) is 0 Å². The highest BCUT2D eigenvalue weighted by Gasteiger charge is 2.19. The highest BCUT2D eigenvalue weighted by atomic mass is 16.5.